The molecule has 0 radical (unpaired) electrons. The van der Waals surface area contributed by atoms with Crippen molar-refractivity contribution in [2.75, 3.05) is 26.7 Å². The number of carbonyl (C=O) groups excluding carboxylic acids is 2. The van der Waals surface area contributed by atoms with Gasteiger partial charge in [-0.2, -0.15) is 0 Å². The molecule has 2 aliphatic rings. The van der Waals surface area contributed by atoms with Crippen molar-refractivity contribution in [1.29, 1.82) is 0 Å². The standard InChI is InChI=1S/C18H23ClN2O3/c1-20-17(23)15-10-21(12-18(15)8-2-3-9-18)16(22)11-24-14-6-4-13(19)5-7-14/h4-7,15H,2-3,8-12H2,1H3,(H,20,23)/t15-/m1/s1. The van der Waals surface area contributed by atoms with Gasteiger partial charge in [0.15, 0.2) is 6.61 Å². The zero-order chi connectivity index (χ0) is 17.2. The number of hydrogen-bond acceptors (Lipinski definition) is 3. The van der Waals surface area contributed by atoms with Crippen LogP contribution in [0.4, 0.5) is 0 Å². The summed E-state index contributed by atoms with van der Waals surface area (Å²) in [7, 11) is 1.67. The summed E-state index contributed by atoms with van der Waals surface area (Å²) in [6.45, 7) is 1.13. The predicted molar refractivity (Wildman–Crippen MR) is 92.0 cm³/mol. The zero-order valence-electron chi connectivity index (χ0n) is 13.9. The second-order valence-corrected chi connectivity index (χ2v) is 7.19. The van der Waals surface area contributed by atoms with Crippen molar-refractivity contribution in [3.8, 4) is 5.75 Å². The Bertz CT molecular complexity index is 611. The number of nitrogens with zero attached hydrogens (tertiary/aromatic N) is 1. The van der Waals surface area contributed by atoms with Crippen molar-refractivity contribution in [2.45, 2.75) is 25.7 Å². The highest BCUT2D eigenvalue weighted by Gasteiger charge is 2.52. The molecule has 2 amide bonds. The van der Waals surface area contributed by atoms with Crippen LogP contribution in [0.5, 0.6) is 5.75 Å². The largest absolute Gasteiger partial charge is 0.484 e. The molecule has 6 heteroatoms. The maximum absolute atomic E-state index is 12.5. The molecule has 0 bridgehead atoms. The molecular weight excluding hydrogens is 328 g/mol. The van der Waals surface area contributed by atoms with Gasteiger partial charge in [0.2, 0.25) is 5.91 Å². The first-order valence-electron chi connectivity index (χ1n) is 8.42. The molecule has 0 unspecified atom stereocenters. The van der Waals surface area contributed by atoms with Gasteiger partial charge in [0.25, 0.3) is 5.91 Å². The fourth-order valence-electron chi connectivity index (χ4n) is 4.05. The van der Waals surface area contributed by atoms with E-state index in [1.54, 1.807) is 36.2 Å². The first kappa shape index (κ1) is 17.1. The van der Waals surface area contributed by atoms with Crippen LogP contribution in [0.25, 0.3) is 0 Å². The van der Waals surface area contributed by atoms with E-state index >= 15 is 0 Å². The monoisotopic (exact) mass is 350 g/mol. The highest BCUT2D eigenvalue weighted by Crippen LogP contribution is 2.49. The van der Waals surface area contributed by atoms with E-state index in [0.717, 1.165) is 25.7 Å². The van der Waals surface area contributed by atoms with Crippen molar-refractivity contribution in [3.63, 3.8) is 0 Å². The topological polar surface area (TPSA) is 58.6 Å². The molecule has 1 spiro atoms. The Morgan fingerprint density at radius 2 is 1.96 bits per heavy atom. The van der Waals surface area contributed by atoms with Crippen LogP contribution in [0.3, 0.4) is 0 Å². The van der Waals surface area contributed by atoms with Gasteiger partial charge in [-0.25, -0.2) is 0 Å². The van der Waals surface area contributed by atoms with E-state index in [0.29, 0.717) is 23.9 Å². The van der Waals surface area contributed by atoms with Gasteiger partial charge in [-0.1, -0.05) is 24.4 Å². The zero-order valence-corrected chi connectivity index (χ0v) is 14.6. The predicted octanol–water partition coefficient (Wildman–Crippen LogP) is 2.48. The lowest BCUT2D eigenvalue weighted by molar-refractivity contribution is -0.132. The van der Waals surface area contributed by atoms with Crippen molar-refractivity contribution in [1.82, 2.24) is 10.2 Å². The number of ether oxygens (including phenoxy) is 1. The normalized spacial score (nSPS) is 21.9. The summed E-state index contributed by atoms with van der Waals surface area (Å²) in [5, 5.41) is 3.39. The number of amides is 2. The van der Waals surface area contributed by atoms with Gasteiger partial charge >= 0.3 is 0 Å². The van der Waals surface area contributed by atoms with E-state index in [1.807, 2.05) is 0 Å². The highest BCUT2D eigenvalue weighted by molar-refractivity contribution is 6.30. The van der Waals surface area contributed by atoms with Crippen LogP contribution in [0.15, 0.2) is 24.3 Å². The van der Waals surface area contributed by atoms with E-state index in [-0.39, 0.29) is 29.8 Å². The summed E-state index contributed by atoms with van der Waals surface area (Å²) in [5.74, 6) is 0.489. The Kier molecular flexibility index (Phi) is 4.99. The SMILES string of the molecule is CNC(=O)[C@H]1CN(C(=O)COc2ccc(Cl)cc2)CC12CCCC2. The van der Waals surface area contributed by atoms with Gasteiger partial charge in [-0.05, 0) is 37.1 Å². The van der Waals surface area contributed by atoms with Crippen LogP contribution < -0.4 is 10.1 Å². The van der Waals surface area contributed by atoms with Crippen molar-refractivity contribution < 1.29 is 14.3 Å². The van der Waals surface area contributed by atoms with Crippen LogP contribution in [0.1, 0.15) is 25.7 Å². The summed E-state index contributed by atoms with van der Waals surface area (Å²) in [5.41, 5.74) is -0.0456. The van der Waals surface area contributed by atoms with Gasteiger partial charge in [0.1, 0.15) is 5.75 Å². The lowest BCUT2D eigenvalue weighted by Gasteiger charge is -2.28. The van der Waals surface area contributed by atoms with Gasteiger partial charge < -0.3 is 15.0 Å². The van der Waals surface area contributed by atoms with E-state index in [9.17, 15) is 9.59 Å². The third-order valence-corrected chi connectivity index (χ3v) is 5.59. The third-order valence-electron chi connectivity index (χ3n) is 5.34. The fourth-order valence-corrected chi connectivity index (χ4v) is 4.17. The van der Waals surface area contributed by atoms with Gasteiger partial charge in [0, 0.05) is 30.6 Å². The Morgan fingerprint density at radius 1 is 1.29 bits per heavy atom. The molecule has 1 saturated carbocycles. The maximum Gasteiger partial charge on any atom is 0.260 e. The van der Waals surface area contributed by atoms with Crippen LogP contribution in [-0.2, 0) is 9.59 Å². The molecule has 1 N–H and O–H groups in total. The molecule has 2 fully saturated rings. The Hall–Kier alpha value is -1.75. The lowest BCUT2D eigenvalue weighted by atomic mass is 9.76. The minimum Gasteiger partial charge on any atom is -0.484 e. The summed E-state index contributed by atoms with van der Waals surface area (Å²) < 4.78 is 5.56. The number of nitrogens with one attached hydrogen (secondary N) is 1. The number of halogens is 1. The fraction of sp³-hybridized carbons (Fsp3) is 0.556. The van der Waals surface area contributed by atoms with Gasteiger partial charge in [0.05, 0.1) is 5.92 Å². The average Bonchev–Trinajstić information content (AvgIpc) is 3.21. The first-order valence-corrected chi connectivity index (χ1v) is 8.80. The number of likely N-dealkylation sites (tertiary alicyclic amines) is 1. The first-order chi connectivity index (χ1) is 11.5. The molecule has 1 atom stereocenters. The van der Waals surface area contributed by atoms with Crippen LogP contribution >= 0.6 is 11.6 Å². The van der Waals surface area contributed by atoms with Crippen LogP contribution in [0.2, 0.25) is 5.02 Å². The molecule has 1 heterocycles. The van der Waals surface area contributed by atoms with Gasteiger partial charge in [-0.3, -0.25) is 9.59 Å². The van der Waals surface area contributed by atoms with Crippen LogP contribution in [0, 0.1) is 11.3 Å². The van der Waals surface area contributed by atoms with Crippen molar-refractivity contribution >= 4 is 23.4 Å². The molecule has 1 aliphatic carbocycles. The van der Waals surface area contributed by atoms with E-state index in [2.05, 4.69) is 5.32 Å². The molecule has 3 rings (SSSR count). The summed E-state index contributed by atoms with van der Waals surface area (Å²) >= 11 is 5.84. The Labute approximate surface area is 147 Å². The number of benzene rings is 1. The van der Waals surface area contributed by atoms with E-state index < -0.39 is 0 Å². The number of rotatable bonds is 4. The maximum atomic E-state index is 12.5. The van der Waals surface area contributed by atoms with Crippen LogP contribution in [-0.4, -0.2) is 43.5 Å². The molecular formula is C18H23ClN2O3. The van der Waals surface area contributed by atoms with E-state index in [4.69, 9.17) is 16.3 Å². The van der Waals surface area contributed by atoms with E-state index in [1.165, 1.54) is 0 Å². The summed E-state index contributed by atoms with van der Waals surface area (Å²) in [6, 6.07) is 6.94. The Balaban J connectivity index is 1.63. The summed E-state index contributed by atoms with van der Waals surface area (Å²) in [6.07, 6.45) is 4.31. The molecule has 0 aromatic heterocycles. The van der Waals surface area contributed by atoms with Crippen molar-refractivity contribution in [2.24, 2.45) is 11.3 Å². The molecule has 1 aromatic rings. The number of carbonyl (C=O) groups is 2. The molecule has 1 saturated heterocycles. The highest BCUT2D eigenvalue weighted by atomic mass is 35.5. The molecule has 1 aliphatic heterocycles. The molecule has 5 nitrogen and oxygen atoms in total. The molecule has 24 heavy (non-hydrogen) atoms. The second kappa shape index (κ2) is 7.01. The third kappa shape index (κ3) is 3.36. The number of hydrogen-bond donors (Lipinski definition) is 1. The quantitative estimate of drug-likeness (QED) is 0.907. The smallest absolute Gasteiger partial charge is 0.260 e. The summed E-state index contributed by atoms with van der Waals surface area (Å²) in [4.78, 5) is 26.6. The minimum atomic E-state index is -0.107. The minimum absolute atomic E-state index is 0.0157. The lowest BCUT2D eigenvalue weighted by Crippen LogP contribution is -2.38. The molecule has 1 aromatic carbocycles. The average molecular weight is 351 g/mol. The second-order valence-electron chi connectivity index (χ2n) is 6.75. The van der Waals surface area contributed by atoms with Crippen molar-refractivity contribution in [3.05, 3.63) is 29.3 Å². The Morgan fingerprint density at radius 3 is 2.58 bits per heavy atom. The molecule has 130 valence electrons. The van der Waals surface area contributed by atoms with Gasteiger partial charge in [-0.15, -0.1) is 0 Å².